The molecule has 7 heteroatoms. The van der Waals surface area contributed by atoms with Gasteiger partial charge in [-0.2, -0.15) is 8.42 Å². The van der Waals surface area contributed by atoms with Gasteiger partial charge in [-0.1, -0.05) is 30.3 Å². The summed E-state index contributed by atoms with van der Waals surface area (Å²) in [4.78, 5) is 5.96. The predicted molar refractivity (Wildman–Crippen MR) is 116 cm³/mol. The topological polar surface area (TPSA) is 82.6 Å². The summed E-state index contributed by atoms with van der Waals surface area (Å²) in [6.07, 6.45) is 4.21. The molecule has 0 fully saturated rings. The van der Waals surface area contributed by atoms with Gasteiger partial charge in [0.2, 0.25) is 0 Å². The second-order valence-electron chi connectivity index (χ2n) is 7.66. The fourth-order valence-electron chi connectivity index (χ4n) is 3.66. The first-order valence-corrected chi connectivity index (χ1v) is 11.4. The van der Waals surface area contributed by atoms with Gasteiger partial charge in [0.25, 0.3) is 10.1 Å². The lowest BCUT2D eigenvalue weighted by molar-refractivity contribution is 0.268. The van der Waals surface area contributed by atoms with Crippen LogP contribution in [-0.2, 0) is 29.6 Å². The van der Waals surface area contributed by atoms with E-state index in [2.05, 4.69) is 54.3 Å². The molecule has 1 aliphatic carbocycles. The van der Waals surface area contributed by atoms with Crippen LogP contribution in [0.2, 0.25) is 0 Å². The van der Waals surface area contributed by atoms with Gasteiger partial charge in [0.15, 0.2) is 0 Å². The Labute approximate surface area is 172 Å². The third-order valence-corrected chi connectivity index (χ3v) is 5.11. The van der Waals surface area contributed by atoms with Crippen LogP contribution in [0, 0.1) is 0 Å². The molecule has 0 aliphatic heterocycles. The molecule has 0 radical (unpaired) electrons. The molecule has 1 heterocycles. The van der Waals surface area contributed by atoms with Gasteiger partial charge in [0, 0.05) is 28.7 Å². The van der Waals surface area contributed by atoms with Crippen molar-refractivity contribution < 1.29 is 17.7 Å². The van der Waals surface area contributed by atoms with Gasteiger partial charge in [-0.15, -0.1) is 0 Å². The number of fused-ring (bicyclic) bond motifs is 3. The van der Waals surface area contributed by atoms with Crippen LogP contribution >= 0.6 is 0 Å². The number of nitrogens with zero attached hydrogens (tertiary/aromatic N) is 1. The summed E-state index contributed by atoms with van der Waals surface area (Å²) >= 11 is 0. The quantitative estimate of drug-likeness (QED) is 0.634. The molecule has 3 aromatic rings. The van der Waals surface area contributed by atoms with Crippen molar-refractivity contribution >= 4 is 21.0 Å². The fourth-order valence-corrected chi connectivity index (χ4v) is 3.66. The van der Waals surface area contributed by atoms with Crippen LogP contribution in [0.25, 0.3) is 10.9 Å². The molecule has 156 valence electrons. The number of H-pyrrole nitrogens is 1. The molecule has 0 saturated heterocycles. The highest BCUT2D eigenvalue weighted by atomic mass is 32.2. The number of likely N-dealkylation sites (N-methyl/N-ethyl adjacent to an activating group) is 1. The first-order valence-electron chi connectivity index (χ1n) is 9.60. The number of ether oxygens (including phenoxy) is 1. The Kier molecular flexibility index (Phi) is 6.62. The molecule has 6 nitrogen and oxygen atoms in total. The van der Waals surface area contributed by atoms with Crippen molar-refractivity contribution in [1.29, 1.82) is 0 Å². The number of aromatic amines is 1. The molecule has 2 aromatic carbocycles. The van der Waals surface area contributed by atoms with E-state index < -0.39 is 10.1 Å². The molecule has 0 bridgehead atoms. The van der Waals surface area contributed by atoms with Gasteiger partial charge in [-0.25, -0.2) is 0 Å². The number of nitrogens with one attached hydrogen (secondary N) is 1. The zero-order valence-corrected chi connectivity index (χ0v) is 17.9. The molecule has 1 atom stereocenters. The van der Waals surface area contributed by atoms with Crippen LogP contribution < -0.4 is 4.74 Å². The van der Waals surface area contributed by atoms with Crippen molar-refractivity contribution in [2.75, 3.05) is 20.4 Å². The number of aryl methyl sites for hydroxylation is 1. The van der Waals surface area contributed by atoms with Gasteiger partial charge < -0.3 is 14.6 Å². The van der Waals surface area contributed by atoms with Crippen molar-refractivity contribution in [3.05, 3.63) is 65.4 Å². The molecule has 2 N–H and O–H groups in total. The van der Waals surface area contributed by atoms with E-state index in [1.165, 1.54) is 34.1 Å². The number of hydrogen-bond donors (Lipinski definition) is 2. The molecule has 0 spiro atoms. The number of benzene rings is 2. The Hall–Kier alpha value is -2.35. The van der Waals surface area contributed by atoms with E-state index in [1.807, 2.05) is 18.2 Å². The summed E-state index contributed by atoms with van der Waals surface area (Å²) < 4.78 is 31.8. The van der Waals surface area contributed by atoms with E-state index in [4.69, 9.17) is 9.29 Å². The highest BCUT2D eigenvalue weighted by Gasteiger charge is 2.23. The van der Waals surface area contributed by atoms with Crippen LogP contribution in [0.15, 0.2) is 48.5 Å². The number of hydrogen-bond acceptors (Lipinski definition) is 4. The second-order valence-corrected chi connectivity index (χ2v) is 9.12. The van der Waals surface area contributed by atoms with E-state index >= 15 is 0 Å². The molecule has 1 aromatic heterocycles. The molecule has 4 rings (SSSR count). The maximum absolute atomic E-state index is 9.19. The Morgan fingerprint density at radius 2 is 1.86 bits per heavy atom. The number of rotatable bonds is 4. The highest BCUT2D eigenvalue weighted by Crippen LogP contribution is 2.32. The van der Waals surface area contributed by atoms with Crippen molar-refractivity contribution in [3.63, 3.8) is 0 Å². The van der Waals surface area contributed by atoms with E-state index in [9.17, 15) is 8.42 Å². The summed E-state index contributed by atoms with van der Waals surface area (Å²) in [6.45, 7) is 0.607. The lowest BCUT2D eigenvalue weighted by Crippen LogP contribution is -2.33. The van der Waals surface area contributed by atoms with Crippen molar-refractivity contribution in [2.24, 2.45) is 0 Å². The molecule has 1 unspecified atom stereocenters. The molecular weight excluding hydrogens is 388 g/mol. The molecular formula is C22H28N2O4S. The fraction of sp³-hybridized carbons (Fsp3) is 0.364. The Bertz CT molecular complexity index is 1050. The first kappa shape index (κ1) is 21.4. The van der Waals surface area contributed by atoms with Gasteiger partial charge in [-0.3, -0.25) is 4.55 Å². The molecule has 0 saturated carbocycles. The summed E-state index contributed by atoms with van der Waals surface area (Å²) in [6, 6.07) is 17.4. The lowest BCUT2D eigenvalue weighted by Gasteiger charge is -2.28. The van der Waals surface area contributed by atoms with Crippen molar-refractivity contribution in [3.8, 4) is 5.75 Å². The predicted octanol–water partition coefficient (Wildman–Crippen LogP) is 3.67. The monoisotopic (exact) mass is 416 g/mol. The highest BCUT2D eigenvalue weighted by molar-refractivity contribution is 7.85. The average molecular weight is 417 g/mol. The Morgan fingerprint density at radius 3 is 2.52 bits per heavy atom. The summed E-state index contributed by atoms with van der Waals surface area (Å²) in [5, 5.41) is 1.35. The first-order chi connectivity index (χ1) is 13.7. The smallest absolute Gasteiger partial charge is 0.261 e. The van der Waals surface area contributed by atoms with Crippen LogP contribution in [0.3, 0.4) is 0 Å². The second kappa shape index (κ2) is 8.98. The summed E-state index contributed by atoms with van der Waals surface area (Å²) in [5.74, 6) is 0.925. The minimum absolute atomic E-state index is 0.607. The van der Waals surface area contributed by atoms with E-state index in [1.54, 1.807) is 0 Å². The van der Waals surface area contributed by atoms with Gasteiger partial charge >= 0.3 is 0 Å². The zero-order chi connectivity index (χ0) is 21.0. The maximum Gasteiger partial charge on any atom is 0.261 e. The Morgan fingerprint density at radius 1 is 1.17 bits per heavy atom. The third kappa shape index (κ3) is 6.06. The maximum atomic E-state index is 9.19. The van der Waals surface area contributed by atoms with E-state index in [0.717, 1.165) is 18.6 Å². The molecule has 0 amide bonds. The van der Waals surface area contributed by atoms with E-state index in [0.29, 0.717) is 18.9 Å². The van der Waals surface area contributed by atoms with Gasteiger partial charge in [0.05, 0.1) is 6.26 Å². The van der Waals surface area contributed by atoms with Crippen LogP contribution in [0.1, 0.15) is 23.2 Å². The van der Waals surface area contributed by atoms with Crippen LogP contribution in [0.4, 0.5) is 0 Å². The van der Waals surface area contributed by atoms with Crippen LogP contribution in [0.5, 0.6) is 5.75 Å². The minimum atomic E-state index is -3.67. The SMILES string of the molecule is CN(C)C1CCc2[nH]c3cc(OCc4ccccc4)ccc3c2C1.CS(=O)(=O)O. The molecule has 1 aliphatic rings. The summed E-state index contributed by atoms with van der Waals surface area (Å²) in [7, 11) is 0.695. The van der Waals surface area contributed by atoms with Gasteiger partial charge in [-0.05, 0) is 56.6 Å². The van der Waals surface area contributed by atoms with Crippen molar-refractivity contribution in [2.45, 2.75) is 31.9 Å². The number of aromatic nitrogens is 1. The normalized spacial score (nSPS) is 16.2. The average Bonchev–Trinajstić information content (AvgIpc) is 3.02. The van der Waals surface area contributed by atoms with Crippen molar-refractivity contribution in [1.82, 2.24) is 9.88 Å². The lowest BCUT2D eigenvalue weighted by atomic mass is 9.91. The standard InChI is InChI=1S/C21H24N2O.CH4O3S/c1-23(2)16-8-11-20-19(12-16)18-10-9-17(13-21(18)22-20)24-14-15-6-4-3-5-7-15;1-5(2,3)4/h3-7,9-10,13,16,22H,8,11-12,14H2,1-2H3;1H3,(H,2,3,4). The largest absolute Gasteiger partial charge is 0.489 e. The Balaban J connectivity index is 0.000000431. The van der Waals surface area contributed by atoms with Gasteiger partial charge in [0.1, 0.15) is 12.4 Å². The van der Waals surface area contributed by atoms with Crippen LogP contribution in [-0.4, -0.2) is 49.2 Å². The summed E-state index contributed by atoms with van der Waals surface area (Å²) in [5.41, 5.74) is 5.29. The third-order valence-electron chi connectivity index (χ3n) is 5.11. The zero-order valence-electron chi connectivity index (χ0n) is 17.1. The van der Waals surface area contributed by atoms with E-state index in [-0.39, 0.29) is 0 Å². The minimum Gasteiger partial charge on any atom is -0.489 e. The molecule has 29 heavy (non-hydrogen) atoms.